The van der Waals surface area contributed by atoms with Crippen molar-refractivity contribution in [1.82, 2.24) is 5.32 Å². The summed E-state index contributed by atoms with van der Waals surface area (Å²) < 4.78 is 10.9. The summed E-state index contributed by atoms with van der Waals surface area (Å²) in [5.74, 6) is 2.75. The number of anilines is 1. The van der Waals surface area contributed by atoms with Gasteiger partial charge in [-0.05, 0) is 31.9 Å². The van der Waals surface area contributed by atoms with Crippen molar-refractivity contribution in [3.8, 4) is 11.5 Å². The molecule has 0 aliphatic rings. The van der Waals surface area contributed by atoms with Crippen LogP contribution in [0.4, 0.5) is 5.69 Å². The highest BCUT2D eigenvalue weighted by atomic mass is 16.5. The van der Waals surface area contributed by atoms with Crippen molar-refractivity contribution in [2.24, 2.45) is 10.9 Å². The molecule has 5 heteroatoms. The Morgan fingerprint density at radius 1 is 1.24 bits per heavy atom. The molecule has 0 saturated heterocycles. The van der Waals surface area contributed by atoms with Gasteiger partial charge in [-0.2, -0.15) is 0 Å². The summed E-state index contributed by atoms with van der Waals surface area (Å²) in [5.41, 5.74) is 0.916. The number of hydrogen-bond donors (Lipinski definition) is 2. The van der Waals surface area contributed by atoms with Gasteiger partial charge in [0.25, 0.3) is 0 Å². The topological polar surface area (TPSA) is 54.9 Å². The maximum atomic E-state index is 5.52. The van der Waals surface area contributed by atoms with Crippen LogP contribution < -0.4 is 20.1 Å². The molecule has 1 aromatic rings. The zero-order valence-corrected chi connectivity index (χ0v) is 13.7. The molecule has 0 radical (unpaired) electrons. The standard InChI is InChI=1S/C16H27N3O2/c1-6-17-16(18-11-12(3)4)19-13-8-9-14(21-7-2)15(10-13)20-5/h8-10,12H,6-7,11H2,1-5H3,(H2,17,18,19). The third-order valence-electron chi connectivity index (χ3n) is 2.68. The predicted molar refractivity (Wildman–Crippen MR) is 88.6 cm³/mol. The van der Waals surface area contributed by atoms with Gasteiger partial charge in [-0.25, -0.2) is 0 Å². The normalized spacial score (nSPS) is 11.4. The van der Waals surface area contributed by atoms with Crippen LogP contribution in [-0.2, 0) is 0 Å². The third-order valence-corrected chi connectivity index (χ3v) is 2.68. The van der Waals surface area contributed by atoms with Gasteiger partial charge < -0.3 is 20.1 Å². The van der Waals surface area contributed by atoms with Crippen molar-refractivity contribution < 1.29 is 9.47 Å². The Balaban J connectivity index is 2.85. The molecule has 0 amide bonds. The monoisotopic (exact) mass is 293 g/mol. The number of rotatable bonds is 7. The number of benzene rings is 1. The first-order valence-electron chi connectivity index (χ1n) is 7.46. The summed E-state index contributed by atoms with van der Waals surface area (Å²) in [6.45, 7) is 10.5. The number of nitrogens with zero attached hydrogens (tertiary/aromatic N) is 1. The molecule has 0 aliphatic heterocycles. The van der Waals surface area contributed by atoms with Crippen LogP contribution in [0.2, 0.25) is 0 Å². The fourth-order valence-corrected chi connectivity index (χ4v) is 1.74. The van der Waals surface area contributed by atoms with Gasteiger partial charge >= 0.3 is 0 Å². The van der Waals surface area contributed by atoms with Crippen molar-refractivity contribution in [2.75, 3.05) is 32.1 Å². The van der Waals surface area contributed by atoms with Crippen molar-refractivity contribution >= 4 is 11.6 Å². The van der Waals surface area contributed by atoms with E-state index >= 15 is 0 Å². The Bertz CT molecular complexity index is 459. The van der Waals surface area contributed by atoms with Gasteiger partial charge in [0, 0.05) is 24.8 Å². The fraction of sp³-hybridized carbons (Fsp3) is 0.562. The molecular weight excluding hydrogens is 266 g/mol. The predicted octanol–water partition coefficient (Wildman–Crippen LogP) is 3.13. The van der Waals surface area contributed by atoms with E-state index in [2.05, 4.69) is 29.5 Å². The van der Waals surface area contributed by atoms with Crippen LogP contribution in [0.3, 0.4) is 0 Å². The minimum Gasteiger partial charge on any atom is -0.493 e. The van der Waals surface area contributed by atoms with Crippen LogP contribution >= 0.6 is 0 Å². The second-order valence-corrected chi connectivity index (χ2v) is 5.04. The minimum atomic E-state index is 0.523. The zero-order valence-electron chi connectivity index (χ0n) is 13.7. The molecule has 1 rings (SSSR count). The second-order valence-electron chi connectivity index (χ2n) is 5.04. The molecule has 118 valence electrons. The van der Waals surface area contributed by atoms with E-state index in [1.165, 1.54) is 0 Å². The summed E-state index contributed by atoms with van der Waals surface area (Å²) in [6, 6.07) is 5.76. The minimum absolute atomic E-state index is 0.523. The summed E-state index contributed by atoms with van der Waals surface area (Å²) in [5, 5.41) is 6.51. The van der Waals surface area contributed by atoms with Gasteiger partial charge in [0.2, 0.25) is 0 Å². The van der Waals surface area contributed by atoms with Gasteiger partial charge in [0.15, 0.2) is 17.5 Å². The van der Waals surface area contributed by atoms with E-state index in [0.717, 1.165) is 30.5 Å². The van der Waals surface area contributed by atoms with Crippen LogP contribution in [0.15, 0.2) is 23.2 Å². The lowest BCUT2D eigenvalue weighted by atomic mass is 10.2. The van der Waals surface area contributed by atoms with E-state index in [-0.39, 0.29) is 0 Å². The Labute approximate surface area is 127 Å². The first-order chi connectivity index (χ1) is 10.1. The van der Waals surface area contributed by atoms with E-state index in [9.17, 15) is 0 Å². The van der Waals surface area contributed by atoms with Gasteiger partial charge in [0.05, 0.1) is 13.7 Å². The zero-order chi connectivity index (χ0) is 15.7. The number of methoxy groups -OCH3 is 1. The lowest BCUT2D eigenvalue weighted by Crippen LogP contribution is -2.31. The quantitative estimate of drug-likeness (QED) is 0.599. The van der Waals surface area contributed by atoms with E-state index < -0.39 is 0 Å². The Kier molecular flexibility index (Phi) is 7.43. The van der Waals surface area contributed by atoms with Gasteiger partial charge in [0.1, 0.15) is 0 Å². The van der Waals surface area contributed by atoms with Crippen molar-refractivity contribution in [3.63, 3.8) is 0 Å². The molecule has 5 nitrogen and oxygen atoms in total. The lowest BCUT2D eigenvalue weighted by Gasteiger charge is -2.14. The number of aliphatic imine (C=N–C) groups is 1. The highest BCUT2D eigenvalue weighted by molar-refractivity contribution is 5.93. The van der Waals surface area contributed by atoms with Crippen molar-refractivity contribution in [3.05, 3.63) is 18.2 Å². The van der Waals surface area contributed by atoms with Gasteiger partial charge in [-0.3, -0.25) is 4.99 Å². The maximum absolute atomic E-state index is 5.52. The molecule has 1 aromatic carbocycles. The Morgan fingerprint density at radius 3 is 2.57 bits per heavy atom. The van der Waals surface area contributed by atoms with Crippen LogP contribution in [0.5, 0.6) is 11.5 Å². The summed E-state index contributed by atoms with van der Waals surface area (Å²) in [7, 11) is 1.64. The van der Waals surface area contributed by atoms with Crippen LogP contribution in [0.25, 0.3) is 0 Å². The van der Waals surface area contributed by atoms with Crippen molar-refractivity contribution in [1.29, 1.82) is 0 Å². The number of ether oxygens (including phenoxy) is 2. The van der Waals surface area contributed by atoms with Crippen LogP contribution in [0, 0.1) is 5.92 Å². The maximum Gasteiger partial charge on any atom is 0.195 e. The molecule has 0 bridgehead atoms. The van der Waals surface area contributed by atoms with E-state index in [0.29, 0.717) is 18.3 Å². The molecule has 21 heavy (non-hydrogen) atoms. The smallest absolute Gasteiger partial charge is 0.195 e. The fourth-order valence-electron chi connectivity index (χ4n) is 1.74. The SMILES string of the molecule is CCNC(=NCC(C)C)Nc1ccc(OCC)c(OC)c1. The second kappa shape index (κ2) is 9.10. The average molecular weight is 293 g/mol. The van der Waals surface area contributed by atoms with Crippen molar-refractivity contribution in [2.45, 2.75) is 27.7 Å². The van der Waals surface area contributed by atoms with E-state index in [4.69, 9.17) is 9.47 Å². The number of hydrogen-bond acceptors (Lipinski definition) is 3. The molecule has 0 fully saturated rings. The summed E-state index contributed by atoms with van der Waals surface area (Å²) in [4.78, 5) is 4.54. The van der Waals surface area contributed by atoms with E-state index in [1.807, 2.05) is 32.0 Å². The molecule has 0 aliphatic carbocycles. The molecule has 0 heterocycles. The molecule has 0 unspecified atom stereocenters. The summed E-state index contributed by atoms with van der Waals surface area (Å²) in [6.07, 6.45) is 0. The van der Waals surface area contributed by atoms with Crippen LogP contribution in [0.1, 0.15) is 27.7 Å². The first kappa shape index (κ1) is 17.1. The van der Waals surface area contributed by atoms with E-state index in [1.54, 1.807) is 7.11 Å². The largest absolute Gasteiger partial charge is 0.493 e. The molecule has 0 atom stereocenters. The Morgan fingerprint density at radius 2 is 2.00 bits per heavy atom. The van der Waals surface area contributed by atoms with Gasteiger partial charge in [-0.15, -0.1) is 0 Å². The molecule has 0 saturated carbocycles. The highest BCUT2D eigenvalue weighted by Crippen LogP contribution is 2.30. The molecule has 0 aromatic heterocycles. The molecular formula is C16H27N3O2. The molecule has 0 spiro atoms. The first-order valence-corrected chi connectivity index (χ1v) is 7.46. The lowest BCUT2D eigenvalue weighted by molar-refractivity contribution is 0.311. The number of nitrogens with one attached hydrogen (secondary N) is 2. The third kappa shape index (κ3) is 5.94. The van der Waals surface area contributed by atoms with Gasteiger partial charge in [-0.1, -0.05) is 13.8 Å². The summed E-state index contributed by atoms with van der Waals surface area (Å²) >= 11 is 0. The Hall–Kier alpha value is -1.91. The molecule has 2 N–H and O–H groups in total. The highest BCUT2D eigenvalue weighted by Gasteiger charge is 2.07. The van der Waals surface area contributed by atoms with Crippen LogP contribution in [-0.4, -0.2) is 32.8 Å². The number of guanidine groups is 1. The average Bonchev–Trinajstić information content (AvgIpc) is 2.46.